The lowest BCUT2D eigenvalue weighted by molar-refractivity contribution is 0.0520. The van der Waals surface area contributed by atoms with E-state index in [0.717, 1.165) is 0 Å². The SMILES string of the molecule is CCOC(=O)c1nc2cc(Cl)c(Cl)cc2nc1N1CCCN(S(=O)(=O)c2ccccc2)CC1. The minimum Gasteiger partial charge on any atom is -0.461 e. The van der Waals surface area contributed by atoms with E-state index in [0.29, 0.717) is 53.0 Å². The molecule has 8 nitrogen and oxygen atoms in total. The topological polar surface area (TPSA) is 92.7 Å². The molecule has 4 rings (SSSR count). The summed E-state index contributed by atoms with van der Waals surface area (Å²) in [6.45, 7) is 3.31. The Hall–Kier alpha value is -2.46. The van der Waals surface area contributed by atoms with Gasteiger partial charge in [-0.25, -0.2) is 23.2 Å². The second kappa shape index (κ2) is 9.80. The van der Waals surface area contributed by atoms with Gasteiger partial charge >= 0.3 is 5.97 Å². The molecule has 3 aromatic rings. The molecule has 2 aromatic carbocycles. The molecule has 1 aromatic heterocycles. The van der Waals surface area contributed by atoms with Gasteiger partial charge < -0.3 is 9.64 Å². The van der Waals surface area contributed by atoms with Gasteiger partial charge in [-0.3, -0.25) is 0 Å². The lowest BCUT2D eigenvalue weighted by atomic mass is 10.2. The van der Waals surface area contributed by atoms with Gasteiger partial charge in [-0.1, -0.05) is 41.4 Å². The predicted octanol–water partition coefficient (Wildman–Crippen LogP) is 4.01. The molecule has 0 aliphatic carbocycles. The average molecular weight is 509 g/mol. The molecule has 0 radical (unpaired) electrons. The monoisotopic (exact) mass is 508 g/mol. The van der Waals surface area contributed by atoms with E-state index >= 15 is 0 Å². The van der Waals surface area contributed by atoms with Crippen molar-refractivity contribution in [2.75, 3.05) is 37.7 Å². The Kier molecular flexibility index (Phi) is 7.04. The highest BCUT2D eigenvalue weighted by Gasteiger charge is 2.29. The van der Waals surface area contributed by atoms with Gasteiger partial charge in [-0.15, -0.1) is 0 Å². The number of rotatable bonds is 5. The third-order valence-electron chi connectivity index (χ3n) is 5.29. The van der Waals surface area contributed by atoms with Crippen molar-refractivity contribution in [3.05, 3.63) is 58.2 Å². The van der Waals surface area contributed by atoms with Crippen molar-refractivity contribution in [1.29, 1.82) is 0 Å². The third kappa shape index (κ3) is 4.91. The quantitative estimate of drug-likeness (QED) is 0.480. The molecule has 1 aliphatic rings. The molecule has 0 amide bonds. The highest BCUT2D eigenvalue weighted by atomic mass is 35.5. The number of fused-ring (bicyclic) bond motifs is 1. The van der Waals surface area contributed by atoms with Crippen LogP contribution in [0.2, 0.25) is 10.0 Å². The van der Waals surface area contributed by atoms with E-state index in [1.807, 2.05) is 4.90 Å². The van der Waals surface area contributed by atoms with Crippen LogP contribution in [0, 0.1) is 0 Å². The lowest BCUT2D eigenvalue weighted by Crippen LogP contribution is -2.36. The molecule has 0 saturated carbocycles. The Morgan fingerprint density at radius 1 is 1.00 bits per heavy atom. The number of hydrogen-bond donors (Lipinski definition) is 0. The first-order valence-electron chi connectivity index (χ1n) is 10.5. The zero-order valence-electron chi connectivity index (χ0n) is 17.9. The van der Waals surface area contributed by atoms with Crippen molar-refractivity contribution < 1.29 is 17.9 Å². The standard InChI is InChI=1S/C22H22Cl2N4O4S/c1-2-32-22(29)20-21(26-19-14-17(24)16(23)13-18(19)25-20)27-9-6-10-28(12-11-27)33(30,31)15-7-4-3-5-8-15/h3-5,7-8,13-14H,2,6,9-12H2,1H3. The number of esters is 1. The molecule has 0 N–H and O–H groups in total. The number of ether oxygens (including phenoxy) is 1. The van der Waals surface area contributed by atoms with E-state index in [2.05, 4.69) is 9.97 Å². The Bertz CT molecular complexity index is 1290. The molecular weight excluding hydrogens is 487 g/mol. The van der Waals surface area contributed by atoms with Crippen LogP contribution < -0.4 is 4.90 Å². The Balaban J connectivity index is 1.68. The molecule has 0 unspecified atom stereocenters. The van der Waals surface area contributed by atoms with E-state index < -0.39 is 16.0 Å². The largest absolute Gasteiger partial charge is 0.461 e. The number of carbonyl (C=O) groups is 1. The van der Waals surface area contributed by atoms with Gasteiger partial charge in [0, 0.05) is 26.2 Å². The van der Waals surface area contributed by atoms with Gasteiger partial charge in [0.15, 0.2) is 11.5 Å². The maximum absolute atomic E-state index is 13.1. The van der Waals surface area contributed by atoms with E-state index in [4.69, 9.17) is 27.9 Å². The summed E-state index contributed by atoms with van der Waals surface area (Å²) in [6.07, 6.45) is 0.551. The van der Waals surface area contributed by atoms with Crippen LogP contribution in [0.15, 0.2) is 47.4 Å². The van der Waals surface area contributed by atoms with Gasteiger partial charge in [0.25, 0.3) is 0 Å². The molecule has 0 spiro atoms. The lowest BCUT2D eigenvalue weighted by Gasteiger charge is -2.24. The van der Waals surface area contributed by atoms with Crippen LogP contribution in [0.3, 0.4) is 0 Å². The van der Waals surface area contributed by atoms with Crippen LogP contribution >= 0.6 is 23.2 Å². The summed E-state index contributed by atoms with van der Waals surface area (Å²) >= 11 is 12.3. The molecule has 0 atom stereocenters. The predicted molar refractivity (Wildman–Crippen MR) is 128 cm³/mol. The Morgan fingerprint density at radius 3 is 2.33 bits per heavy atom. The van der Waals surface area contributed by atoms with Crippen LogP contribution in [0.1, 0.15) is 23.8 Å². The first-order chi connectivity index (χ1) is 15.8. The first-order valence-corrected chi connectivity index (χ1v) is 12.6. The second-order valence-electron chi connectivity index (χ2n) is 7.43. The van der Waals surface area contributed by atoms with Crippen molar-refractivity contribution in [2.24, 2.45) is 0 Å². The highest BCUT2D eigenvalue weighted by molar-refractivity contribution is 7.89. The van der Waals surface area contributed by atoms with Crippen molar-refractivity contribution in [1.82, 2.24) is 14.3 Å². The number of anilines is 1. The van der Waals surface area contributed by atoms with Crippen molar-refractivity contribution in [3.63, 3.8) is 0 Å². The summed E-state index contributed by atoms with van der Waals surface area (Å²) < 4.78 is 32.8. The fourth-order valence-corrected chi connectivity index (χ4v) is 5.49. The van der Waals surface area contributed by atoms with Gasteiger partial charge in [-0.05, 0) is 37.6 Å². The van der Waals surface area contributed by atoms with E-state index in [1.54, 1.807) is 49.4 Å². The maximum atomic E-state index is 13.1. The number of nitrogens with zero attached hydrogens (tertiary/aromatic N) is 4. The van der Waals surface area contributed by atoms with Crippen LogP contribution in [0.4, 0.5) is 5.82 Å². The Morgan fingerprint density at radius 2 is 1.67 bits per heavy atom. The van der Waals surface area contributed by atoms with E-state index in [-0.39, 0.29) is 23.7 Å². The van der Waals surface area contributed by atoms with Crippen molar-refractivity contribution >= 4 is 56.0 Å². The molecule has 1 aliphatic heterocycles. The zero-order valence-corrected chi connectivity index (χ0v) is 20.2. The number of halogens is 2. The number of sulfonamides is 1. The fourth-order valence-electron chi connectivity index (χ4n) is 3.69. The maximum Gasteiger partial charge on any atom is 0.360 e. The van der Waals surface area contributed by atoms with Crippen molar-refractivity contribution in [3.8, 4) is 0 Å². The summed E-state index contributed by atoms with van der Waals surface area (Å²) in [5, 5.41) is 0.627. The summed E-state index contributed by atoms with van der Waals surface area (Å²) in [5.74, 6) is -0.274. The second-order valence-corrected chi connectivity index (χ2v) is 10.2. The summed E-state index contributed by atoms with van der Waals surface area (Å²) in [7, 11) is -3.62. The van der Waals surface area contributed by atoms with Gasteiger partial charge in [-0.2, -0.15) is 4.31 Å². The molecule has 11 heteroatoms. The van der Waals surface area contributed by atoms with Crippen LogP contribution in [-0.2, 0) is 14.8 Å². The molecule has 174 valence electrons. The molecular formula is C22H22Cl2N4O4S. The summed E-state index contributed by atoms with van der Waals surface area (Å²) in [4.78, 5) is 23.9. The summed E-state index contributed by atoms with van der Waals surface area (Å²) in [6, 6.07) is 11.5. The number of hydrogen-bond acceptors (Lipinski definition) is 7. The normalized spacial score (nSPS) is 15.4. The molecule has 0 bridgehead atoms. The first kappa shape index (κ1) is 23.7. The van der Waals surface area contributed by atoms with Crippen molar-refractivity contribution in [2.45, 2.75) is 18.2 Å². The highest BCUT2D eigenvalue weighted by Crippen LogP contribution is 2.30. The number of carbonyl (C=O) groups excluding carboxylic acids is 1. The Labute approximate surface area is 202 Å². The fraction of sp³-hybridized carbons (Fsp3) is 0.318. The number of benzene rings is 2. The molecule has 1 saturated heterocycles. The molecule has 1 fully saturated rings. The smallest absolute Gasteiger partial charge is 0.360 e. The van der Waals surface area contributed by atoms with Crippen LogP contribution in [-0.4, -0.2) is 61.4 Å². The zero-order chi connectivity index (χ0) is 23.6. The van der Waals surface area contributed by atoms with Crippen LogP contribution in [0.25, 0.3) is 11.0 Å². The molecule has 2 heterocycles. The van der Waals surface area contributed by atoms with Crippen LogP contribution in [0.5, 0.6) is 0 Å². The summed E-state index contributed by atoms with van der Waals surface area (Å²) in [5.41, 5.74) is 0.951. The number of aromatic nitrogens is 2. The van der Waals surface area contributed by atoms with Gasteiger partial charge in [0.1, 0.15) is 0 Å². The average Bonchev–Trinajstić information content (AvgIpc) is 3.07. The van der Waals surface area contributed by atoms with Gasteiger partial charge in [0.2, 0.25) is 10.0 Å². The minimum absolute atomic E-state index is 0.0575. The van der Waals surface area contributed by atoms with E-state index in [1.165, 1.54) is 4.31 Å². The third-order valence-corrected chi connectivity index (χ3v) is 7.93. The molecule has 33 heavy (non-hydrogen) atoms. The van der Waals surface area contributed by atoms with E-state index in [9.17, 15) is 13.2 Å². The van der Waals surface area contributed by atoms with Gasteiger partial charge in [0.05, 0.1) is 32.6 Å². The minimum atomic E-state index is -3.62.